The molecule has 7 heteroatoms. The number of aryl methyl sites for hydroxylation is 1. The highest BCUT2D eigenvalue weighted by Crippen LogP contribution is 2.33. The zero-order valence-corrected chi connectivity index (χ0v) is 13.2. The van der Waals surface area contributed by atoms with Crippen LogP contribution in [0.3, 0.4) is 0 Å². The number of pyridine rings is 1. The number of para-hydroxylation sites is 1. The number of ether oxygens (including phenoxy) is 1. The summed E-state index contributed by atoms with van der Waals surface area (Å²) >= 11 is 5.84. The van der Waals surface area contributed by atoms with Gasteiger partial charge in [-0.1, -0.05) is 29.8 Å². The van der Waals surface area contributed by atoms with Crippen LogP contribution in [0, 0.1) is 6.92 Å². The Morgan fingerprint density at radius 1 is 1.08 bits per heavy atom. The van der Waals surface area contributed by atoms with Crippen molar-refractivity contribution in [2.75, 3.05) is 5.32 Å². The van der Waals surface area contributed by atoms with Crippen LogP contribution < -0.4 is 10.1 Å². The number of rotatable bonds is 3. The summed E-state index contributed by atoms with van der Waals surface area (Å²) in [7, 11) is 0. The largest absolute Gasteiger partial charge is 0.573 e. The van der Waals surface area contributed by atoms with Crippen molar-refractivity contribution in [1.29, 1.82) is 0 Å². The van der Waals surface area contributed by atoms with Crippen LogP contribution in [0.4, 0.5) is 24.7 Å². The van der Waals surface area contributed by atoms with Crippen LogP contribution in [0.2, 0.25) is 5.02 Å². The van der Waals surface area contributed by atoms with Gasteiger partial charge in [-0.05, 0) is 42.8 Å². The van der Waals surface area contributed by atoms with Gasteiger partial charge in [-0.15, -0.1) is 13.2 Å². The van der Waals surface area contributed by atoms with E-state index < -0.39 is 12.1 Å². The molecule has 0 aliphatic heterocycles. The van der Waals surface area contributed by atoms with Crippen molar-refractivity contribution < 1.29 is 17.9 Å². The first-order valence-electron chi connectivity index (χ1n) is 7.00. The van der Waals surface area contributed by atoms with Gasteiger partial charge in [0.05, 0.1) is 10.5 Å². The second-order valence-electron chi connectivity index (χ2n) is 5.16. The third-order valence-electron chi connectivity index (χ3n) is 3.35. The Balaban J connectivity index is 1.86. The van der Waals surface area contributed by atoms with Gasteiger partial charge in [-0.3, -0.25) is 0 Å². The summed E-state index contributed by atoms with van der Waals surface area (Å²) in [5, 5.41) is 3.88. The van der Waals surface area contributed by atoms with Gasteiger partial charge in [-0.25, -0.2) is 4.98 Å². The number of nitrogens with one attached hydrogen (secondary N) is 1. The van der Waals surface area contributed by atoms with Gasteiger partial charge < -0.3 is 10.1 Å². The van der Waals surface area contributed by atoms with Gasteiger partial charge in [0.25, 0.3) is 0 Å². The monoisotopic (exact) mass is 352 g/mol. The van der Waals surface area contributed by atoms with Crippen LogP contribution in [0.5, 0.6) is 5.75 Å². The third-order valence-corrected chi connectivity index (χ3v) is 3.65. The summed E-state index contributed by atoms with van der Waals surface area (Å²) in [5.74, 6) is 0.120. The van der Waals surface area contributed by atoms with E-state index in [0.29, 0.717) is 11.5 Å². The second-order valence-corrected chi connectivity index (χ2v) is 5.57. The van der Waals surface area contributed by atoms with E-state index >= 15 is 0 Å². The van der Waals surface area contributed by atoms with Crippen LogP contribution in [0.15, 0.2) is 48.5 Å². The molecule has 24 heavy (non-hydrogen) atoms. The molecule has 0 bridgehead atoms. The quantitative estimate of drug-likeness (QED) is 0.643. The average Bonchev–Trinajstić information content (AvgIpc) is 2.50. The minimum absolute atomic E-state index is 0.144. The zero-order chi connectivity index (χ0) is 17.3. The third kappa shape index (κ3) is 3.71. The topological polar surface area (TPSA) is 34.1 Å². The minimum atomic E-state index is -4.78. The van der Waals surface area contributed by atoms with Crippen LogP contribution >= 0.6 is 11.6 Å². The molecule has 0 saturated heterocycles. The number of anilines is 2. The molecule has 1 N–H and O–H groups in total. The Hall–Kier alpha value is -2.47. The number of hydrogen-bond donors (Lipinski definition) is 1. The highest BCUT2D eigenvalue weighted by molar-refractivity contribution is 6.32. The Kier molecular flexibility index (Phi) is 4.24. The van der Waals surface area contributed by atoms with Crippen molar-refractivity contribution in [2.24, 2.45) is 0 Å². The van der Waals surface area contributed by atoms with Crippen LogP contribution in [0.25, 0.3) is 10.9 Å². The lowest BCUT2D eigenvalue weighted by atomic mass is 10.1. The van der Waals surface area contributed by atoms with E-state index in [4.69, 9.17) is 11.6 Å². The molecule has 1 heterocycles. The molecule has 2 aromatic carbocycles. The van der Waals surface area contributed by atoms with Crippen molar-refractivity contribution >= 4 is 34.0 Å². The standard InChI is InChI=1S/C17H12ClF3N2O/c1-10-3-2-4-11-5-8-15(23-16(10)11)22-12-6-7-14(13(18)9-12)24-17(19,20)21/h2-9H,1H3,(H,22,23). The van der Waals surface area contributed by atoms with Crippen molar-refractivity contribution in [2.45, 2.75) is 13.3 Å². The molecule has 3 rings (SSSR count). The average molecular weight is 353 g/mol. The first-order chi connectivity index (χ1) is 11.3. The highest BCUT2D eigenvalue weighted by atomic mass is 35.5. The maximum atomic E-state index is 12.2. The smallest absolute Gasteiger partial charge is 0.404 e. The van der Waals surface area contributed by atoms with Gasteiger partial charge in [-0.2, -0.15) is 0 Å². The lowest BCUT2D eigenvalue weighted by Gasteiger charge is -2.12. The molecular formula is C17H12ClF3N2O. The molecule has 0 atom stereocenters. The van der Waals surface area contributed by atoms with E-state index in [-0.39, 0.29) is 5.02 Å². The number of halogens is 4. The molecule has 124 valence electrons. The zero-order valence-electron chi connectivity index (χ0n) is 12.5. The summed E-state index contributed by atoms with van der Waals surface area (Å²) in [6, 6.07) is 13.5. The van der Waals surface area contributed by atoms with Gasteiger partial charge in [0.2, 0.25) is 0 Å². The number of aromatic nitrogens is 1. The molecule has 3 aromatic rings. The summed E-state index contributed by atoms with van der Waals surface area (Å²) < 4.78 is 40.6. The lowest BCUT2D eigenvalue weighted by molar-refractivity contribution is -0.274. The van der Waals surface area contributed by atoms with E-state index in [9.17, 15) is 13.2 Å². The fourth-order valence-electron chi connectivity index (χ4n) is 2.30. The number of benzene rings is 2. The second kappa shape index (κ2) is 6.20. The van der Waals surface area contributed by atoms with Gasteiger partial charge in [0.15, 0.2) is 0 Å². The van der Waals surface area contributed by atoms with Crippen LogP contribution in [-0.2, 0) is 0 Å². The molecule has 0 radical (unpaired) electrons. The van der Waals surface area contributed by atoms with E-state index in [1.165, 1.54) is 12.1 Å². The molecule has 0 amide bonds. The van der Waals surface area contributed by atoms with Crippen LogP contribution in [-0.4, -0.2) is 11.3 Å². The fourth-order valence-corrected chi connectivity index (χ4v) is 2.52. The number of nitrogens with zero attached hydrogens (tertiary/aromatic N) is 1. The number of fused-ring (bicyclic) bond motifs is 1. The maximum Gasteiger partial charge on any atom is 0.573 e. The van der Waals surface area contributed by atoms with Crippen molar-refractivity contribution in [3.05, 3.63) is 59.1 Å². The maximum absolute atomic E-state index is 12.2. The molecule has 0 fully saturated rings. The number of alkyl halides is 3. The van der Waals surface area contributed by atoms with E-state index in [1.807, 2.05) is 31.2 Å². The molecule has 0 aliphatic carbocycles. The van der Waals surface area contributed by atoms with Crippen LogP contribution in [0.1, 0.15) is 5.56 Å². The molecular weight excluding hydrogens is 341 g/mol. The van der Waals surface area contributed by atoms with E-state index in [1.54, 1.807) is 6.07 Å². The minimum Gasteiger partial charge on any atom is -0.404 e. The van der Waals surface area contributed by atoms with Gasteiger partial charge >= 0.3 is 6.36 Å². The normalized spacial score (nSPS) is 11.5. The first-order valence-corrected chi connectivity index (χ1v) is 7.38. The molecule has 0 spiro atoms. The molecule has 0 saturated carbocycles. The van der Waals surface area contributed by atoms with Crippen molar-refractivity contribution in [1.82, 2.24) is 4.98 Å². The van der Waals surface area contributed by atoms with E-state index in [0.717, 1.165) is 22.5 Å². The first kappa shape index (κ1) is 16.4. The summed E-state index contributed by atoms with van der Waals surface area (Å²) in [5.41, 5.74) is 2.39. The van der Waals surface area contributed by atoms with Crippen molar-refractivity contribution in [3.63, 3.8) is 0 Å². The Morgan fingerprint density at radius 3 is 2.58 bits per heavy atom. The Bertz CT molecular complexity index is 897. The molecule has 3 nitrogen and oxygen atoms in total. The number of hydrogen-bond acceptors (Lipinski definition) is 3. The van der Waals surface area contributed by atoms with E-state index in [2.05, 4.69) is 15.0 Å². The molecule has 0 unspecified atom stereocenters. The predicted molar refractivity (Wildman–Crippen MR) is 87.9 cm³/mol. The Morgan fingerprint density at radius 2 is 1.88 bits per heavy atom. The predicted octanol–water partition coefficient (Wildman–Crippen LogP) is 5.84. The summed E-state index contributed by atoms with van der Waals surface area (Å²) in [6.07, 6.45) is -4.78. The highest BCUT2D eigenvalue weighted by Gasteiger charge is 2.32. The SMILES string of the molecule is Cc1cccc2ccc(Nc3ccc(OC(F)(F)F)c(Cl)c3)nc12. The van der Waals surface area contributed by atoms with Gasteiger partial charge in [0.1, 0.15) is 11.6 Å². The lowest BCUT2D eigenvalue weighted by Crippen LogP contribution is -2.17. The Labute approximate surface area is 141 Å². The summed E-state index contributed by atoms with van der Waals surface area (Å²) in [6.45, 7) is 1.96. The van der Waals surface area contributed by atoms with Gasteiger partial charge in [0, 0.05) is 11.1 Å². The van der Waals surface area contributed by atoms with Crippen molar-refractivity contribution in [3.8, 4) is 5.75 Å². The fraction of sp³-hybridized carbons (Fsp3) is 0.118. The molecule has 1 aromatic heterocycles. The summed E-state index contributed by atoms with van der Waals surface area (Å²) in [4.78, 5) is 4.52. The molecule has 0 aliphatic rings.